The van der Waals surface area contributed by atoms with Crippen LogP contribution in [0.5, 0.6) is 0 Å². The van der Waals surface area contributed by atoms with Gasteiger partial charge in [0.25, 0.3) is 0 Å². The summed E-state index contributed by atoms with van der Waals surface area (Å²) in [5.74, 6) is -0.391. The summed E-state index contributed by atoms with van der Waals surface area (Å²) in [4.78, 5) is 27.7. The second-order valence-electron chi connectivity index (χ2n) is 7.58. The number of nitrogens with zero attached hydrogens (tertiary/aromatic N) is 1. The van der Waals surface area contributed by atoms with Crippen LogP contribution >= 0.6 is 35.0 Å². The topological polar surface area (TPSA) is 49.4 Å². The van der Waals surface area contributed by atoms with Crippen molar-refractivity contribution in [2.75, 3.05) is 5.75 Å². The zero-order valence-corrected chi connectivity index (χ0v) is 20.9. The van der Waals surface area contributed by atoms with Gasteiger partial charge in [-0.2, -0.15) is 0 Å². The number of amides is 2. The second kappa shape index (κ2) is 13.1. The highest BCUT2D eigenvalue weighted by atomic mass is 35.5. The van der Waals surface area contributed by atoms with Crippen LogP contribution in [0.2, 0.25) is 10.0 Å². The highest BCUT2D eigenvalue weighted by Gasteiger charge is 2.29. The predicted molar refractivity (Wildman–Crippen MR) is 132 cm³/mol. The van der Waals surface area contributed by atoms with Crippen molar-refractivity contribution in [2.45, 2.75) is 58.0 Å². The normalized spacial score (nSPS) is 12.8. The minimum atomic E-state index is -0.607. The number of carbonyl (C=O) groups is 2. The molecule has 2 aromatic rings. The molecule has 2 atom stereocenters. The maximum absolute atomic E-state index is 14.0. The lowest BCUT2D eigenvalue weighted by molar-refractivity contribution is -0.139. The Balaban J connectivity index is 2.16. The molecular formula is C24H29Cl2FN2O2S. The molecule has 4 nitrogen and oxygen atoms in total. The van der Waals surface area contributed by atoms with Crippen LogP contribution in [0.4, 0.5) is 4.39 Å². The van der Waals surface area contributed by atoms with E-state index in [0.29, 0.717) is 22.0 Å². The monoisotopic (exact) mass is 498 g/mol. The Morgan fingerprint density at radius 2 is 1.78 bits per heavy atom. The fraction of sp³-hybridized carbons (Fsp3) is 0.417. The largest absolute Gasteiger partial charge is 0.352 e. The zero-order chi connectivity index (χ0) is 23.7. The molecule has 2 amide bonds. The number of halogens is 3. The molecule has 0 saturated heterocycles. The van der Waals surface area contributed by atoms with Gasteiger partial charge in [-0.1, -0.05) is 55.2 Å². The predicted octanol–water partition coefficient (Wildman–Crippen LogP) is 6.09. The molecule has 0 saturated carbocycles. The summed E-state index contributed by atoms with van der Waals surface area (Å²) in [6.07, 6.45) is 1.28. The van der Waals surface area contributed by atoms with Crippen LogP contribution in [-0.4, -0.2) is 34.6 Å². The molecule has 0 aliphatic heterocycles. The first kappa shape index (κ1) is 26.5. The molecule has 2 rings (SSSR count). The molecule has 0 fully saturated rings. The third-order valence-electron chi connectivity index (χ3n) is 5.19. The van der Waals surface area contributed by atoms with Gasteiger partial charge in [-0.3, -0.25) is 9.59 Å². The molecule has 1 N–H and O–H groups in total. The second-order valence-corrected chi connectivity index (χ2v) is 9.41. The molecule has 0 unspecified atom stereocenters. The van der Waals surface area contributed by atoms with E-state index < -0.39 is 11.9 Å². The fourth-order valence-electron chi connectivity index (χ4n) is 3.14. The van der Waals surface area contributed by atoms with E-state index in [1.54, 1.807) is 29.2 Å². The maximum atomic E-state index is 14.0. The molecule has 0 radical (unpaired) electrons. The van der Waals surface area contributed by atoms with Crippen molar-refractivity contribution < 1.29 is 14.0 Å². The Hall–Kier alpha value is -1.76. The molecule has 174 valence electrons. The van der Waals surface area contributed by atoms with Crippen molar-refractivity contribution in [1.29, 1.82) is 0 Å². The highest BCUT2D eigenvalue weighted by Crippen LogP contribution is 2.25. The van der Waals surface area contributed by atoms with Crippen LogP contribution in [0.25, 0.3) is 0 Å². The van der Waals surface area contributed by atoms with Gasteiger partial charge in [0.15, 0.2) is 0 Å². The van der Waals surface area contributed by atoms with Crippen LogP contribution < -0.4 is 5.32 Å². The Kier molecular flexibility index (Phi) is 10.8. The molecule has 0 bridgehead atoms. The number of hydrogen-bond donors (Lipinski definition) is 1. The van der Waals surface area contributed by atoms with Gasteiger partial charge in [-0.15, -0.1) is 11.8 Å². The summed E-state index contributed by atoms with van der Waals surface area (Å²) in [5, 5.41) is 3.92. The lowest BCUT2D eigenvalue weighted by Crippen LogP contribution is -2.51. The minimum Gasteiger partial charge on any atom is -0.352 e. The van der Waals surface area contributed by atoms with Crippen LogP contribution in [-0.2, 0) is 21.9 Å². The summed E-state index contributed by atoms with van der Waals surface area (Å²) in [6.45, 7) is 6.09. The van der Waals surface area contributed by atoms with E-state index in [2.05, 4.69) is 5.32 Å². The van der Waals surface area contributed by atoms with Gasteiger partial charge >= 0.3 is 0 Å². The molecule has 0 aliphatic carbocycles. The summed E-state index contributed by atoms with van der Waals surface area (Å²) < 4.78 is 14.0. The number of benzene rings is 2. The van der Waals surface area contributed by atoms with Crippen molar-refractivity contribution in [3.8, 4) is 0 Å². The third kappa shape index (κ3) is 7.68. The quantitative estimate of drug-likeness (QED) is 0.407. The summed E-state index contributed by atoms with van der Waals surface area (Å²) in [7, 11) is 0. The number of hydrogen-bond acceptors (Lipinski definition) is 3. The van der Waals surface area contributed by atoms with Crippen molar-refractivity contribution in [2.24, 2.45) is 0 Å². The van der Waals surface area contributed by atoms with E-state index >= 15 is 0 Å². The number of thioether (sulfide) groups is 1. The van der Waals surface area contributed by atoms with E-state index in [9.17, 15) is 14.0 Å². The van der Waals surface area contributed by atoms with Crippen molar-refractivity contribution in [1.82, 2.24) is 10.2 Å². The average Bonchev–Trinajstić information content (AvgIpc) is 2.76. The van der Waals surface area contributed by atoms with Crippen LogP contribution in [0.3, 0.4) is 0 Å². The Morgan fingerprint density at radius 3 is 2.38 bits per heavy atom. The van der Waals surface area contributed by atoms with Gasteiger partial charge in [0.1, 0.15) is 11.9 Å². The first-order chi connectivity index (χ1) is 15.3. The van der Waals surface area contributed by atoms with Gasteiger partial charge in [0.2, 0.25) is 11.8 Å². The Morgan fingerprint density at radius 1 is 1.09 bits per heavy atom. The standard InChI is InChI=1S/C24H29Cl2FN2O2S/c1-4-16(3)28-24(31)22(5-2)29(13-17-9-11-18(25)12-10-17)23(30)15-32-14-19-20(26)7-6-8-21(19)27/h6-12,16,22H,4-5,13-15H2,1-3H3,(H,28,31)/t16-,22-/m0/s1. The molecule has 0 heterocycles. The van der Waals surface area contributed by atoms with Crippen LogP contribution in [0.15, 0.2) is 42.5 Å². The molecule has 2 aromatic carbocycles. The summed E-state index contributed by atoms with van der Waals surface area (Å²) in [5.41, 5.74) is 1.25. The first-order valence-corrected chi connectivity index (χ1v) is 12.5. The molecule has 0 aromatic heterocycles. The molecule has 0 spiro atoms. The number of nitrogens with one attached hydrogen (secondary N) is 1. The van der Waals surface area contributed by atoms with E-state index in [1.807, 2.05) is 32.9 Å². The van der Waals surface area contributed by atoms with Gasteiger partial charge in [0, 0.05) is 33.9 Å². The zero-order valence-electron chi connectivity index (χ0n) is 18.5. The summed E-state index contributed by atoms with van der Waals surface area (Å²) >= 11 is 13.4. The van der Waals surface area contributed by atoms with Crippen LogP contribution in [0, 0.1) is 5.82 Å². The lowest BCUT2D eigenvalue weighted by Gasteiger charge is -2.31. The number of carbonyl (C=O) groups excluding carboxylic acids is 2. The highest BCUT2D eigenvalue weighted by molar-refractivity contribution is 7.99. The van der Waals surface area contributed by atoms with Gasteiger partial charge in [0.05, 0.1) is 5.75 Å². The molecule has 8 heteroatoms. The van der Waals surface area contributed by atoms with Gasteiger partial charge in [-0.25, -0.2) is 4.39 Å². The van der Waals surface area contributed by atoms with Gasteiger partial charge in [-0.05, 0) is 49.6 Å². The fourth-order valence-corrected chi connectivity index (χ4v) is 4.52. The molecule has 32 heavy (non-hydrogen) atoms. The lowest BCUT2D eigenvalue weighted by atomic mass is 10.1. The number of rotatable bonds is 11. The van der Waals surface area contributed by atoms with E-state index in [1.165, 1.54) is 17.8 Å². The van der Waals surface area contributed by atoms with Crippen molar-refractivity contribution in [3.05, 3.63) is 69.5 Å². The maximum Gasteiger partial charge on any atom is 0.243 e. The van der Waals surface area contributed by atoms with E-state index in [0.717, 1.165) is 12.0 Å². The minimum absolute atomic E-state index is 0.0154. The van der Waals surface area contributed by atoms with Crippen molar-refractivity contribution >= 4 is 46.8 Å². The smallest absolute Gasteiger partial charge is 0.243 e. The SMILES string of the molecule is CC[C@H](C)NC(=O)[C@H](CC)N(Cc1ccc(Cl)cc1)C(=O)CSCc1c(F)cccc1Cl. The molecule has 0 aliphatic rings. The van der Waals surface area contributed by atoms with Crippen LogP contribution in [0.1, 0.15) is 44.7 Å². The van der Waals surface area contributed by atoms with E-state index in [-0.39, 0.29) is 35.9 Å². The molecular weight excluding hydrogens is 470 g/mol. The Bertz CT molecular complexity index is 891. The first-order valence-electron chi connectivity index (χ1n) is 10.6. The summed E-state index contributed by atoms with van der Waals surface area (Å²) in [6, 6.07) is 11.1. The van der Waals surface area contributed by atoms with Gasteiger partial charge < -0.3 is 10.2 Å². The third-order valence-corrected chi connectivity index (χ3v) is 6.74. The average molecular weight is 499 g/mol. The van der Waals surface area contributed by atoms with E-state index in [4.69, 9.17) is 23.2 Å². The Labute approximate surface area is 203 Å². The van der Waals surface area contributed by atoms with Crippen molar-refractivity contribution in [3.63, 3.8) is 0 Å².